The summed E-state index contributed by atoms with van der Waals surface area (Å²) in [7, 11) is 2.14. The molecule has 20 heavy (non-hydrogen) atoms. The Hall–Kier alpha value is -1.71. The molecule has 1 atom stereocenters. The number of unbranched alkanes of at least 4 members (excludes halogenated alkanes) is 2. The summed E-state index contributed by atoms with van der Waals surface area (Å²) in [5.41, 5.74) is 2.73. The summed E-state index contributed by atoms with van der Waals surface area (Å²) < 4.78 is 0. The Kier molecular flexibility index (Phi) is 5.27. The molecule has 0 aliphatic carbocycles. The van der Waals surface area contributed by atoms with Crippen molar-refractivity contribution in [1.82, 2.24) is 10.6 Å². The predicted octanol–water partition coefficient (Wildman–Crippen LogP) is 2.35. The molecular weight excluding hydrogens is 248 g/mol. The Balaban J connectivity index is 1.72. The van der Waals surface area contributed by atoms with Gasteiger partial charge < -0.3 is 15.5 Å². The first-order valence-electron chi connectivity index (χ1n) is 7.59. The Bertz CT molecular complexity index is 444. The molecule has 1 aromatic rings. The SMILES string of the molecule is CCCCCNC(=N)NCC1Cc2ccccc2N1C. The van der Waals surface area contributed by atoms with Crippen LogP contribution in [0.4, 0.5) is 5.69 Å². The normalized spacial score (nSPS) is 16.9. The largest absolute Gasteiger partial charge is 0.369 e. The van der Waals surface area contributed by atoms with E-state index in [2.05, 4.69) is 53.8 Å². The molecule has 4 heteroatoms. The smallest absolute Gasteiger partial charge is 0.188 e. The molecule has 2 rings (SSSR count). The van der Waals surface area contributed by atoms with E-state index in [1.54, 1.807) is 0 Å². The summed E-state index contributed by atoms with van der Waals surface area (Å²) in [6, 6.07) is 8.98. The highest BCUT2D eigenvalue weighted by Gasteiger charge is 2.25. The lowest BCUT2D eigenvalue weighted by molar-refractivity contribution is 0.623. The van der Waals surface area contributed by atoms with E-state index in [0.717, 1.165) is 25.9 Å². The zero-order chi connectivity index (χ0) is 14.4. The quantitative estimate of drug-likeness (QED) is 0.424. The standard InChI is InChI=1S/C16H26N4/c1-3-4-7-10-18-16(17)19-12-14-11-13-8-5-6-9-15(13)20(14)2/h5-6,8-9,14H,3-4,7,10-12H2,1-2H3,(H3,17,18,19). The summed E-state index contributed by atoms with van der Waals surface area (Å²) in [4.78, 5) is 2.31. The average Bonchev–Trinajstić information content (AvgIpc) is 2.78. The van der Waals surface area contributed by atoms with Crippen LogP contribution in [0.1, 0.15) is 31.7 Å². The number of para-hydroxylation sites is 1. The minimum absolute atomic E-state index is 0.435. The molecule has 0 bridgehead atoms. The van der Waals surface area contributed by atoms with E-state index in [1.165, 1.54) is 24.1 Å². The molecule has 0 saturated carbocycles. The van der Waals surface area contributed by atoms with Crippen LogP contribution in [0, 0.1) is 5.41 Å². The summed E-state index contributed by atoms with van der Waals surface area (Å²) in [6.45, 7) is 3.89. The highest BCUT2D eigenvalue weighted by molar-refractivity contribution is 5.76. The van der Waals surface area contributed by atoms with Crippen LogP contribution in [0.15, 0.2) is 24.3 Å². The second-order valence-electron chi connectivity index (χ2n) is 5.49. The van der Waals surface area contributed by atoms with Crippen LogP contribution in [-0.2, 0) is 6.42 Å². The summed E-state index contributed by atoms with van der Waals surface area (Å²) >= 11 is 0. The van der Waals surface area contributed by atoms with Crippen molar-refractivity contribution in [3.05, 3.63) is 29.8 Å². The van der Waals surface area contributed by atoms with Gasteiger partial charge in [-0.25, -0.2) is 0 Å². The number of hydrogen-bond donors (Lipinski definition) is 3. The van der Waals surface area contributed by atoms with E-state index < -0.39 is 0 Å². The minimum Gasteiger partial charge on any atom is -0.369 e. The van der Waals surface area contributed by atoms with Gasteiger partial charge in [0.2, 0.25) is 0 Å². The lowest BCUT2D eigenvalue weighted by Gasteiger charge is -2.23. The second kappa shape index (κ2) is 7.17. The topological polar surface area (TPSA) is 51.2 Å². The molecule has 0 spiro atoms. The molecule has 3 N–H and O–H groups in total. The molecule has 0 amide bonds. The third-order valence-corrected chi connectivity index (χ3v) is 3.97. The van der Waals surface area contributed by atoms with Crippen LogP contribution in [0.5, 0.6) is 0 Å². The minimum atomic E-state index is 0.435. The van der Waals surface area contributed by atoms with Gasteiger partial charge in [0.15, 0.2) is 5.96 Å². The van der Waals surface area contributed by atoms with Gasteiger partial charge in [-0.05, 0) is 24.5 Å². The van der Waals surface area contributed by atoms with E-state index in [4.69, 9.17) is 5.41 Å². The molecular formula is C16H26N4. The average molecular weight is 274 g/mol. The van der Waals surface area contributed by atoms with Gasteiger partial charge in [-0.2, -0.15) is 0 Å². The zero-order valence-corrected chi connectivity index (χ0v) is 12.6. The van der Waals surface area contributed by atoms with Crippen molar-refractivity contribution in [1.29, 1.82) is 5.41 Å². The summed E-state index contributed by atoms with van der Waals surface area (Å²) in [5, 5.41) is 14.2. The van der Waals surface area contributed by atoms with Gasteiger partial charge >= 0.3 is 0 Å². The highest BCUT2D eigenvalue weighted by atomic mass is 15.2. The third-order valence-electron chi connectivity index (χ3n) is 3.97. The van der Waals surface area contributed by atoms with Crippen LogP contribution in [0.25, 0.3) is 0 Å². The number of fused-ring (bicyclic) bond motifs is 1. The van der Waals surface area contributed by atoms with Crippen LogP contribution in [-0.4, -0.2) is 32.1 Å². The van der Waals surface area contributed by atoms with Crippen LogP contribution < -0.4 is 15.5 Å². The Morgan fingerprint density at radius 3 is 2.85 bits per heavy atom. The Morgan fingerprint density at radius 1 is 1.30 bits per heavy atom. The number of nitrogens with one attached hydrogen (secondary N) is 3. The molecule has 0 fully saturated rings. The molecule has 1 aromatic carbocycles. The van der Waals surface area contributed by atoms with Crippen LogP contribution in [0.2, 0.25) is 0 Å². The number of rotatable bonds is 6. The number of nitrogens with zero attached hydrogens (tertiary/aromatic N) is 1. The maximum absolute atomic E-state index is 7.87. The fourth-order valence-corrected chi connectivity index (χ4v) is 2.69. The van der Waals surface area contributed by atoms with Crippen molar-refractivity contribution in [2.24, 2.45) is 0 Å². The number of guanidine groups is 1. The molecule has 4 nitrogen and oxygen atoms in total. The lowest BCUT2D eigenvalue weighted by Crippen LogP contribution is -2.44. The van der Waals surface area contributed by atoms with E-state index in [1.807, 2.05) is 0 Å². The van der Waals surface area contributed by atoms with Crippen molar-refractivity contribution in [3.8, 4) is 0 Å². The molecule has 0 aromatic heterocycles. The van der Waals surface area contributed by atoms with Crippen LogP contribution in [0.3, 0.4) is 0 Å². The number of hydrogen-bond acceptors (Lipinski definition) is 2. The maximum atomic E-state index is 7.87. The number of benzene rings is 1. The molecule has 1 aliphatic rings. The fourth-order valence-electron chi connectivity index (χ4n) is 2.69. The van der Waals surface area contributed by atoms with Gasteiger partial charge in [-0.15, -0.1) is 0 Å². The third kappa shape index (κ3) is 3.65. The fraction of sp³-hybridized carbons (Fsp3) is 0.562. The molecule has 1 heterocycles. The number of anilines is 1. The summed E-state index contributed by atoms with van der Waals surface area (Å²) in [6.07, 6.45) is 4.63. The zero-order valence-electron chi connectivity index (χ0n) is 12.6. The van der Waals surface area contributed by atoms with Gasteiger partial charge in [0.25, 0.3) is 0 Å². The molecule has 0 saturated heterocycles. The van der Waals surface area contributed by atoms with Gasteiger partial charge in [-0.1, -0.05) is 38.0 Å². The van der Waals surface area contributed by atoms with Gasteiger partial charge in [0.1, 0.15) is 0 Å². The second-order valence-corrected chi connectivity index (χ2v) is 5.49. The Labute approximate surface area is 122 Å². The van der Waals surface area contributed by atoms with Gasteiger partial charge in [0, 0.05) is 25.8 Å². The van der Waals surface area contributed by atoms with Crippen molar-refractivity contribution in [2.45, 2.75) is 38.6 Å². The molecule has 0 radical (unpaired) electrons. The predicted molar refractivity (Wildman–Crippen MR) is 85.6 cm³/mol. The summed E-state index contributed by atoms with van der Waals surface area (Å²) in [5.74, 6) is 0.449. The van der Waals surface area contributed by atoms with Gasteiger partial charge in [0.05, 0.1) is 6.04 Å². The maximum Gasteiger partial charge on any atom is 0.188 e. The van der Waals surface area contributed by atoms with Crippen molar-refractivity contribution in [2.75, 3.05) is 25.0 Å². The van der Waals surface area contributed by atoms with Crippen molar-refractivity contribution >= 4 is 11.6 Å². The first-order valence-corrected chi connectivity index (χ1v) is 7.59. The lowest BCUT2D eigenvalue weighted by atomic mass is 10.1. The van der Waals surface area contributed by atoms with Crippen LogP contribution >= 0.6 is 0 Å². The van der Waals surface area contributed by atoms with Gasteiger partial charge in [-0.3, -0.25) is 5.41 Å². The molecule has 1 aliphatic heterocycles. The Morgan fingerprint density at radius 2 is 2.10 bits per heavy atom. The van der Waals surface area contributed by atoms with Crippen molar-refractivity contribution < 1.29 is 0 Å². The monoisotopic (exact) mass is 274 g/mol. The van der Waals surface area contributed by atoms with E-state index in [9.17, 15) is 0 Å². The van der Waals surface area contributed by atoms with Crippen molar-refractivity contribution in [3.63, 3.8) is 0 Å². The first kappa shape index (κ1) is 14.7. The van der Waals surface area contributed by atoms with E-state index in [0.29, 0.717) is 12.0 Å². The van der Waals surface area contributed by atoms with E-state index in [-0.39, 0.29) is 0 Å². The highest BCUT2D eigenvalue weighted by Crippen LogP contribution is 2.29. The molecule has 1 unspecified atom stereocenters. The first-order chi connectivity index (χ1) is 9.72. The van der Waals surface area contributed by atoms with E-state index >= 15 is 0 Å². The molecule has 110 valence electrons. The number of likely N-dealkylation sites (N-methyl/N-ethyl adjacent to an activating group) is 1.